The van der Waals surface area contributed by atoms with Crippen LogP contribution in [0.25, 0.3) is 5.57 Å². The van der Waals surface area contributed by atoms with Crippen LogP contribution in [0.4, 0.5) is 10.5 Å². The largest absolute Gasteiger partial charge is 0.449 e. The van der Waals surface area contributed by atoms with E-state index >= 15 is 0 Å². The van der Waals surface area contributed by atoms with Crippen molar-refractivity contribution in [3.63, 3.8) is 0 Å². The highest BCUT2D eigenvalue weighted by molar-refractivity contribution is 6.04. The Morgan fingerprint density at radius 1 is 1.42 bits per heavy atom. The van der Waals surface area contributed by atoms with Crippen molar-refractivity contribution in [2.75, 3.05) is 11.5 Å². The zero-order valence-electron chi connectivity index (χ0n) is 10.8. The molecule has 3 rings (SSSR count). The van der Waals surface area contributed by atoms with E-state index in [0.717, 1.165) is 22.4 Å². The first-order valence-electron chi connectivity index (χ1n) is 6.36. The highest BCUT2D eigenvalue weighted by Crippen LogP contribution is 2.44. The first kappa shape index (κ1) is 11.8. The number of anilines is 1. The molecular formula is C16H15NO2. The zero-order valence-corrected chi connectivity index (χ0v) is 10.8. The van der Waals surface area contributed by atoms with Crippen molar-refractivity contribution in [1.82, 2.24) is 0 Å². The van der Waals surface area contributed by atoms with Gasteiger partial charge in [0, 0.05) is 5.56 Å². The lowest BCUT2D eigenvalue weighted by atomic mass is 9.93. The Bertz CT molecular complexity index is 613. The number of para-hydroxylation sites is 1. The highest BCUT2D eigenvalue weighted by atomic mass is 16.6. The Morgan fingerprint density at radius 3 is 3.00 bits per heavy atom. The van der Waals surface area contributed by atoms with E-state index in [2.05, 4.69) is 6.58 Å². The van der Waals surface area contributed by atoms with Gasteiger partial charge in [0.25, 0.3) is 0 Å². The van der Waals surface area contributed by atoms with Crippen LogP contribution in [-0.4, -0.2) is 18.7 Å². The number of ether oxygens (including phenoxy) is 1. The quantitative estimate of drug-likeness (QED) is 0.766. The smallest absolute Gasteiger partial charge is 0.415 e. The molecule has 3 heteroatoms. The van der Waals surface area contributed by atoms with E-state index in [1.807, 2.05) is 49.4 Å². The van der Waals surface area contributed by atoms with Gasteiger partial charge in [-0.15, -0.1) is 0 Å². The molecule has 1 unspecified atom stereocenters. The summed E-state index contributed by atoms with van der Waals surface area (Å²) in [6, 6.07) is 7.74. The van der Waals surface area contributed by atoms with E-state index < -0.39 is 0 Å². The van der Waals surface area contributed by atoms with Gasteiger partial charge in [0.15, 0.2) is 0 Å². The lowest BCUT2D eigenvalue weighted by molar-refractivity contribution is 0.159. The van der Waals surface area contributed by atoms with Crippen LogP contribution >= 0.6 is 0 Å². The van der Waals surface area contributed by atoms with Gasteiger partial charge in [-0.25, -0.2) is 4.79 Å². The summed E-state index contributed by atoms with van der Waals surface area (Å²) in [6.45, 7) is 6.23. The Morgan fingerprint density at radius 2 is 2.21 bits per heavy atom. The van der Waals surface area contributed by atoms with Crippen LogP contribution in [-0.2, 0) is 4.74 Å². The van der Waals surface area contributed by atoms with Crippen molar-refractivity contribution in [3.05, 3.63) is 60.2 Å². The molecule has 0 spiro atoms. The van der Waals surface area contributed by atoms with Crippen LogP contribution in [0, 0.1) is 0 Å². The van der Waals surface area contributed by atoms with Crippen molar-refractivity contribution < 1.29 is 9.53 Å². The maximum Gasteiger partial charge on any atom is 0.415 e. The van der Waals surface area contributed by atoms with Crippen LogP contribution in [0.3, 0.4) is 0 Å². The number of benzene rings is 1. The first-order chi connectivity index (χ1) is 9.24. The van der Waals surface area contributed by atoms with Crippen molar-refractivity contribution in [2.24, 2.45) is 0 Å². The number of hydrogen-bond donors (Lipinski definition) is 0. The molecule has 0 fully saturated rings. The van der Waals surface area contributed by atoms with E-state index in [4.69, 9.17) is 4.74 Å². The molecule has 0 radical (unpaired) electrons. The van der Waals surface area contributed by atoms with Crippen LogP contribution < -0.4 is 4.90 Å². The average Bonchev–Trinajstić information content (AvgIpc) is 2.75. The van der Waals surface area contributed by atoms with Gasteiger partial charge in [0.1, 0.15) is 0 Å². The van der Waals surface area contributed by atoms with E-state index in [0.29, 0.717) is 6.61 Å². The molecule has 1 heterocycles. The van der Waals surface area contributed by atoms with Gasteiger partial charge in [-0.1, -0.05) is 43.0 Å². The fraction of sp³-hybridized carbons (Fsp3) is 0.188. The summed E-state index contributed by atoms with van der Waals surface area (Å²) in [5.41, 5.74) is 3.98. The predicted molar refractivity (Wildman–Crippen MR) is 76.0 cm³/mol. The summed E-state index contributed by atoms with van der Waals surface area (Å²) in [6.07, 6.45) is 5.63. The SMILES string of the molecule is C=C1C=CC=C2c3ccccc3N(C(=O)OCC)C12. The molecule has 1 atom stereocenters. The minimum atomic E-state index is -0.320. The first-order valence-corrected chi connectivity index (χ1v) is 6.36. The molecule has 0 bridgehead atoms. The molecule has 96 valence electrons. The molecule has 0 N–H and O–H groups in total. The summed E-state index contributed by atoms with van der Waals surface area (Å²) >= 11 is 0. The fourth-order valence-corrected chi connectivity index (χ4v) is 2.66. The Labute approximate surface area is 112 Å². The minimum Gasteiger partial charge on any atom is -0.449 e. The second-order valence-corrected chi connectivity index (χ2v) is 4.54. The van der Waals surface area contributed by atoms with Gasteiger partial charge >= 0.3 is 6.09 Å². The number of allylic oxidation sites excluding steroid dienone is 2. The number of carbonyl (C=O) groups excluding carboxylic acids is 1. The van der Waals surface area contributed by atoms with E-state index in [-0.39, 0.29) is 12.1 Å². The summed E-state index contributed by atoms with van der Waals surface area (Å²) in [4.78, 5) is 13.9. The minimum absolute atomic E-state index is 0.138. The number of fused-ring (bicyclic) bond motifs is 3. The van der Waals surface area contributed by atoms with Crippen molar-refractivity contribution in [1.29, 1.82) is 0 Å². The Balaban J connectivity index is 2.13. The maximum atomic E-state index is 12.2. The molecule has 1 aliphatic heterocycles. The van der Waals surface area contributed by atoms with Gasteiger partial charge in [0.05, 0.1) is 18.3 Å². The fourth-order valence-electron chi connectivity index (χ4n) is 2.66. The molecule has 0 saturated carbocycles. The zero-order chi connectivity index (χ0) is 13.4. The molecule has 1 aliphatic carbocycles. The molecule has 2 aliphatic rings. The third-order valence-corrected chi connectivity index (χ3v) is 3.43. The van der Waals surface area contributed by atoms with Gasteiger partial charge in [-0.2, -0.15) is 0 Å². The molecule has 19 heavy (non-hydrogen) atoms. The standard InChI is InChI=1S/C16H15NO2/c1-3-19-16(18)17-14-10-5-4-8-12(14)13-9-6-7-11(2)15(13)17/h4-10,15H,2-3H2,1H3. The second-order valence-electron chi connectivity index (χ2n) is 4.54. The average molecular weight is 253 g/mol. The molecule has 3 nitrogen and oxygen atoms in total. The number of rotatable bonds is 1. The topological polar surface area (TPSA) is 29.5 Å². The third kappa shape index (κ3) is 1.70. The summed E-state index contributed by atoms with van der Waals surface area (Å²) in [5.74, 6) is 0. The van der Waals surface area contributed by atoms with Crippen LogP contribution in [0.15, 0.2) is 54.6 Å². The molecule has 1 aromatic carbocycles. The summed E-state index contributed by atoms with van der Waals surface area (Å²) in [5, 5.41) is 0. The molecule has 1 aromatic rings. The normalized spacial score (nSPS) is 19.8. The van der Waals surface area contributed by atoms with Crippen molar-refractivity contribution in [2.45, 2.75) is 13.0 Å². The van der Waals surface area contributed by atoms with Crippen molar-refractivity contribution in [3.8, 4) is 0 Å². The summed E-state index contributed by atoms with van der Waals surface area (Å²) < 4.78 is 5.17. The van der Waals surface area contributed by atoms with Crippen LogP contribution in [0.5, 0.6) is 0 Å². The van der Waals surface area contributed by atoms with E-state index in [1.54, 1.807) is 4.90 Å². The Hall–Kier alpha value is -2.29. The lowest BCUT2D eigenvalue weighted by Crippen LogP contribution is -2.38. The highest BCUT2D eigenvalue weighted by Gasteiger charge is 2.39. The Kier molecular flexibility index (Phi) is 2.75. The van der Waals surface area contributed by atoms with E-state index in [9.17, 15) is 4.79 Å². The van der Waals surface area contributed by atoms with Gasteiger partial charge in [0.2, 0.25) is 0 Å². The van der Waals surface area contributed by atoms with Gasteiger partial charge in [-0.3, -0.25) is 4.90 Å². The predicted octanol–water partition coefficient (Wildman–Crippen LogP) is 3.54. The van der Waals surface area contributed by atoms with Crippen LogP contribution in [0.1, 0.15) is 12.5 Å². The summed E-state index contributed by atoms with van der Waals surface area (Å²) in [7, 11) is 0. The van der Waals surface area contributed by atoms with E-state index in [1.165, 1.54) is 0 Å². The molecule has 0 saturated heterocycles. The van der Waals surface area contributed by atoms with Gasteiger partial charge < -0.3 is 4.74 Å². The maximum absolute atomic E-state index is 12.2. The van der Waals surface area contributed by atoms with Crippen LogP contribution in [0.2, 0.25) is 0 Å². The molecule has 1 amide bonds. The second kappa shape index (κ2) is 4.43. The number of hydrogen-bond acceptors (Lipinski definition) is 2. The molecule has 0 aromatic heterocycles. The van der Waals surface area contributed by atoms with Gasteiger partial charge in [-0.05, 0) is 24.1 Å². The number of nitrogens with zero attached hydrogens (tertiary/aromatic N) is 1. The lowest BCUT2D eigenvalue weighted by Gasteiger charge is -2.26. The monoisotopic (exact) mass is 253 g/mol. The number of amides is 1. The third-order valence-electron chi connectivity index (χ3n) is 3.43. The number of carbonyl (C=O) groups is 1. The van der Waals surface area contributed by atoms with Crippen molar-refractivity contribution >= 4 is 17.4 Å². The molecular weight excluding hydrogens is 238 g/mol.